The van der Waals surface area contributed by atoms with E-state index in [4.69, 9.17) is 16.3 Å². The van der Waals surface area contributed by atoms with Gasteiger partial charge in [0, 0.05) is 24.7 Å². The minimum absolute atomic E-state index is 0.00318. The third-order valence-electron chi connectivity index (χ3n) is 2.21. The zero-order valence-corrected chi connectivity index (χ0v) is 12.8. The molecule has 8 nitrogen and oxygen atoms in total. The van der Waals surface area contributed by atoms with E-state index in [2.05, 4.69) is 25.4 Å². The molecule has 0 fully saturated rings. The van der Waals surface area contributed by atoms with Crippen LogP contribution in [0.3, 0.4) is 0 Å². The lowest BCUT2D eigenvalue weighted by Crippen LogP contribution is -2.27. The highest BCUT2D eigenvalue weighted by Crippen LogP contribution is 2.18. The number of anilines is 1. The lowest BCUT2D eigenvalue weighted by Gasteiger charge is -2.20. The molecule has 0 atom stereocenters. The number of nitrogens with one attached hydrogen (secondary N) is 1. The average Bonchev–Trinajstić information content (AvgIpc) is 2.31. The number of hydrogen-bond acceptors (Lipinski definition) is 7. The molecular weight excluding hydrogens is 296 g/mol. The van der Waals surface area contributed by atoms with Crippen LogP contribution in [0.5, 0.6) is 11.9 Å². The van der Waals surface area contributed by atoms with Crippen LogP contribution in [0.4, 0.5) is 5.95 Å². The topological polar surface area (TPSA) is 94.8 Å². The van der Waals surface area contributed by atoms with Gasteiger partial charge in [0.05, 0.1) is 0 Å². The van der Waals surface area contributed by atoms with E-state index >= 15 is 0 Å². The average molecular weight is 311 g/mol. The van der Waals surface area contributed by atoms with Gasteiger partial charge < -0.3 is 10.1 Å². The van der Waals surface area contributed by atoms with Crippen LogP contribution in [0.2, 0.25) is 5.28 Å². The summed E-state index contributed by atoms with van der Waals surface area (Å²) >= 11 is 5.84. The Kier molecular flexibility index (Phi) is 4.08. The molecule has 2 aromatic heterocycles. The lowest BCUT2D eigenvalue weighted by atomic mass is 10.1. The van der Waals surface area contributed by atoms with E-state index < -0.39 is 0 Å². The predicted molar refractivity (Wildman–Crippen MR) is 77.8 cm³/mol. The van der Waals surface area contributed by atoms with Crippen molar-refractivity contribution in [3.63, 3.8) is 0 Å². The molecule has 2 rings (SSSR count). The molecule has 21 heavy (non-hydrogen) atoms. The van der Waals surface area contributed by atoms with Crippen molar-refractivity contribution in [3.8, 4) is 11.9 Å². The zero-order chi connectivity index (χ0) is 15.6. The number of halogens is 1. The van der Waals surface area contributed by atoms with E-state index in [9.17, 15) is 4.79 Å². The molecule has 0 aromatic carbocycles. The first kappa shape index (κ1) is 15.2. The number of aryl methyl sites for hydroxylation is 1. The van der Waals surface area contributed by atoms with Gasteiger partial charge in [-0.05, 0) is 32.4 Å². The van der Waals surface area contributed by atoms with E-state index in [1.165, 1.54) is 19.2 Å². The van der Waals surface area contributed by atoms with Crippen LogP contribution in [-0.4, -0.2) is 30.3 Å². The third kappa shape index (κ3) is 4.38. The van der Waals surface area contributed by atoms with Crippen molar-refractivity contribution >= 4 is 17.5 Å². The molecule has 0 bridgehead atoms. The molecule has 112 valence electrons. The molecule has 0 amide bonds. The normalized spacial score (nSPS) is 11.3. The second kappa shape index (κ2) is 5.65. The molecule has 1 N–H and O–H groups in total. The van der Waals surface area contributed by atoms with E-state index in [0.29, 0.717) is 5.95 Å². The van der Waals surface area contributed by atoms with Crippen LogP contribution in [-0.2, 0) is 7.05 Å². The second-order valence-electron chi connectivity index (χ2n) is 5.32. The minimum atomic E-state index is -0.244. The van der Waals surface area contributed by atoms with E-state index in [1.807, 2.05) is 20.8 Å². The Morgan fingerprint density at radius 2 is 1.95 bits per heavy atom. The van der Waals surface area contributed by atoms with Gasteiger partial charge in [0.25, 0.3) is 5.56 Å². The van der Waals surface area contributed by atoms with Gasteiger partial charge in [-0.25, -0.2) is 4.68 Å². The summed E-state index contributed by atoms with van der Waals surface area (Å²) in [6.07, 6.45) is 0. The third-order valence-corrected chi connectivity index (χ3v) is 2.38. The van der Waals surface area contributed by atoms with Crippen LogP contribution in [0.25, 0.3) is 0 Å². The van der Waals surface area contributed by atoms with Gasteiger partial charge in [-0.15, -0.1) is 5.10 Å². The standard InChI is InChI=1S/C12H15ClN6O2/c1-12(2,3)17-10-14-9(13)15-11(16-10)21-7-5-6-8(20)19(4)18-7/h5-6H,1-4H3,(H,14,15,16,17). The Morgan fingerprint density at radius 3 is 2.57 bits per heavy atom. The molecule has 0 spiro atoms. The van der Waals surface area contributed by atoms with Gasteiger partial charge in [-0.1, -0.05) is 0 Å². The van der Waals surface area contributed by atoms with Gasteiger partial charge in [-0.3, -0.25) is 4.79 Å². The van der Waals surface area contributed by atoms with Gasteiger partial charge >= 0.3 is 6.01 Å². The van der Waals surface area contributed by atoms with E-state index in [1.54, 1.807) is 0 Å². The minimum Gasteiger partial charge on any atom is -0.403 e. The summed E-state index contributed by atoms with van der Waals surface area (Å²) in [6.45, 7) is 5.87. The summed E-state index contributed by atoms with van der Waals surface area (Å²) in [7, 11) is 1.52. The molecule has 2 heterocycles. The smallest absolute Gasteiger partial charge is 0.329 e. The molecule has 0 radical (unpaired) electrons. The quantitative estimate of drug-likeness (QED) is 0.920. The number of aromatic nitrogens is 5. The monoisotopic (exact) mass is 310 g/mol. The Hall–Kier alpha value is -2.22. The summed E-state index contributed by atoms with van der Waals surface area (Å²) in [5.41, 5.74) is -0.484. The summed E-state index contributed by atoms with van der Waals surface area (Å²) in [6, 6.07) is 2.75. The molecule has 2 aromatic rings. The van der Waals surface area contributed by atoms with Gasteiger partial charge in [0.1, 0.15) is 0 Å². The van der Waals surface area contributed by atoms with Crippen LogP contribution in [0.1, 0.15) is 20.8 Å². The molecular formula is C12H15ClN6O2. The maximum absolute atomic E-state index is 11.3. The molecule has 0 aliphatic rings. The number of rotatable bonds is 3. The molecule has 0 aliphatic heterocycles. The fraction of sp³-hybridized carbons (Fsp3) is 0.417. The lowest BCUT2D eigenvalue weighted by molar-refractivity contribution is 0.406. The molecule has 0 unspecified atom stereocenters. The first-order valence-electron chi connectivity index (χ1n) is 6.15. The van der Waals surface area contributed by atoms with Crippen molar-refractivity contribution < 1.29 is 4.74 Å². The Morgan fingerprint density at radius 1 is 1.24 bits per heavy atom. The SMILES string of the molecule is Cn1nc(Oc2nc(Cl)nc(NC(C)(C)C)n2)ccc1=O. The van der Waals surface area contributed by atoms with Crippen molar-refractivity contribution in [2.24, 2.45) is 7.05 Å². The fourth-order valence-electron chi connectivity index (χ4n) is 1.40. The second-order valence-corrected chi connectivity index (χ2v) is 5.66. The van der Waals surface area contributed by atoms with Crippen molar-refractivity contribution in [2.75, 3.05) is 5.32 Å². The van der Waals surface area contributed by atoms with Crippen molar-refractivity contribution in [2.45, 2.75) is 26.3 Å². The highest BCUT2D eigenvalue weighted by atomic mass is 35.5. The van der Waals surface area contributed by atoms with Crippen molar-refractivity contribution in [3.05, 3.63) is 27.8 Å². The first-order valence-corrected chi connectivity index (χ1v) is 6.53. The Labute approximate surface area is 126 Å². The number of ether oxygens (including phenoxy) is 1. The van der Waals surface area contributed by atoms with Crippen LogP contribution >= 0.6 is 11.6 Å². The molecule has 0 aliphatic carbocycles. The summed E-state index contributed by atoms with van der Waals surface area (Å²) in [4.78, 5) is 23.2. The summed E-state index contributed by atoms with van der Waals surface area (Å²) in [5, 5.41) is 6.98. The van der Waals surface area contributed by atoms with Gasteiger partial charge in [0.2, 0.25) is 17.1 Å². The van der Waals surface area contributed by atoms with Crippen LogP contribution < -0.4 is 15.6 Å². The fourth-order valence-corrected chi connectivity index (χ4v) is 1.55. The van der Waals surface area contributed by atoms with Crippen LogP contribution in [0, 0.1) is 0 Å². The highest BCUT2D eigenvalue weighted by Gasteiger charge is 2.14. The predicted octanol–water partition coefficient (Wildman–Crippen LogP) is 1.62. The Bertz CT molecular complexity index is 710. The van der Waals surface area contributed by atoms with E-state index in [0.717, 1.165) is 4.68 Å². The molecule has 9 heteroatoms. The summed E-state index contributed by atoms with van der Waals surface area (Å²) in [5.74, 6) is 0.475. The largest absolute Gasteiger partial charge is 0.403 e. The molecule has 0 saturated carbocycles. The Balaban J connectivity index is 2.27. The van der Waals surface area contributed by atoms with Crippen molar-refractivity contribution in [1.82, 2.24) is 24.7 Å². The number of hydrogen-bond donors (Lipinski definition) is 1. The number of nitrogens with zero attached hydrogens (tertiary/aromatic N) is 5. The molecule has 0 saturated heterocycles. The van der Waals surface area contributed by atoms with Crippen LogP contribution in [0.15, 0.2) is 16.9 Å². The van der Waals surface area contributed by atoms with Gasteiger partial charge in [-0.2, -0.15) is 15.0 Å². The first-order chi connectivity index (χ1) is 9.73. The summed E-state index contributed by atoms with van der Waals surface area (Å²) < 4.78 is 6.54. The maximum Gasteiger partial charge on any atom is 0.329 e. The highest BCUT2D eigenvalue weighted by molar-refractivity contribution is 6.28. The van der Waals surface area contributed by atoms with Crippen molar-refractivity contribution in [1.29, 1.82) is 0 Å². The zero-order valence-electron chi connectivity index (χ0n) is 12.1. The van der Waals surface area contributed by atoms with Gasteiger partial charge in [0.15, 0.2) is 0 Å². The van der Waals surface area contributed by atoms with E-state index in [-0.39, 0.29) is 28.3 Å². The maximum atomic E-state index is 11.3.